The highest BCUT2D eigenvalue weighted by Gasteiger charge is 2.09. The summed E-state index contributed by atoms with van der Waals surface area (Å²) in [5, 5.41) is 0. The third-order valence-electron chi connectivity index (χ3n) is 4.57. The van der Waals surface area contributed by atoms with Crippen LogP contribution in [0.3, 0.4) is 0 Å². The molecule has 0 aliphatic carbocycles. The summed E-state index contributed by atoms with van der Waals surface area (Å²) in [6.07, 6.45) is 20.3. The predicted octanol–water partition coefficient (Wildman–Crippen LogP) is 6.17. The van der Waals surface area contributed by atoms with Gasteiger partial charge in [0.2, 0.25) is 0 Å². The first-order chi connectivity index (χ1) is 10.3. The van der Waals surface area contributed by atoms with Gasteiger partial charge in [-0.05, 0) is 26.2 Å². The Labute approximate surface area is 132 Å². The zero-order valence-corrected chi connectivity index (χ0v) is 14.2. The Morgan fingerprint density at radius 1 is 0.667 bits per heavy atom. The Bertz CT molecular complexity index is 250. The fraction of sp³-hybridized carbons (Fsp3) is 0.947. The maximum Gasteiger partial charge on any atom is 0.306 e. The lowest BCUT2D eigenvalue weighted by molar-refractivity contribution is -0.148. The zero-order valence-electron chi connectivity index (χ0n) is 14.2. The first-order valence-corrected chi connectivity index (χ1v) is 9.48. The van der Waals surface area contributed by atoms with Crippen molar-refractivity contribution < 1.29 is 9.53 Å². The molecule has 0 aromatic rings. The molecule has 1 heterocycles. The summed E-state index contributed by atoms with van der Waals surface area (Å²) in [6.45, 7) is 2.04. The van der Waals surface area contributed by atoms with Crippen LogP contribution in [0.2, 0.25) is 0 Å². The van der Waals surface area contributed by atoms with E-state index >= 15 is 0 Å². The first kappa shape index (κ1) is 18.5. The van der Waals surface area contributed by atoms with Gasteiger partial charge in [0.15, 0.2) is 0 Å². The topological polar surface area (TPSA) is 26.3 Å². The van der Waals surface area contributed by atoms with Crippen molar-refractivity contribution in [2.45, 2.75) is 116 Å². The number of carbonyl (C=O) groups excluding carboxylic acids is 1. The molecular formula is C19H36O2. The molecule has 0 radical (unpaired) electrons. The van der Waals surface area contributed by atoms with Gasteiger partial charge >= 0.3 is 5.97 Å². The van der Waals surface area contributed by atoms with Crippen molar-refractivity contribution in [2.75, 3.05) is 0 Å². The van der Waals surface area contributed by atoms with Gasteiger partial charge in [-0.3, -0.25) is 4.79 Å². The molecule has 0 N–H and O–H groups in total. The lowest BCUT2D eigenvalue weighted by Crippen LogP contribution is -2.14. The minimum Gasteiger partial charge on any atom is -0.463 e. The highest BCUT2D eigenvalue weighted by atomic mass is 16.5. The summed E-state index contributed by atoms with van der Waals surface area (Å²) in [7, 11) is 0. The Morgan fingerprint density at radius 3 is 1.52 bits per heavy atom. The minimum absolute atomic E-state index is 0.0143. The summed E-state index contributed by atoms with van der Waals surface area (Å²) < 4.78 is 5.48. The number of rotatable bonds is 0. The molecule has 0 aromatic heterocycles. The van der Waals surface area contributed by atoms with Gasteiger partial charge in [-0.25, -0.2) is 0 Å². The molecule has 0 aromatic carbocycles. The van der Waals surface area contributed by atoms with Gasteiger partial charge in [-0.2, -0.15) is 0 Å². The van der Waals surface area contributed by atoms with Crippen molar-refractivity contribution in [1.82, 2.24) is 0 Å². The maximum absolute atomic E-state index is 11.7. The van der Waals surface area contributed by atoms with Gasteiger partial charge < -0.3 is 4.74 Å². The maximum atomic E-state index is 11.7. The number of carbonyl (C=O) groups is 1. The molecular weight excluding hydrogens is 260 g/mol. The smallest absolute Gasteiger partial charge is 0.306 e. The Kier molecular flexibility index (Phi) is 11.6. The first-order valence-electron chi connectivity index (χ1n) is 9.48. The lowest BCUT2D eigenvalue weighted by atomic mass is 10.0. The number of hydrogen-bond acceptors (Lipinski definition) is 2. The number of esters is 1. The summed E-state index contributed by atoms with van der Waals surface area (Å²) >= 11 is 0. The van der Waals surface area contributed by atoms with Gasteiger partial charge in [-0.1, -0.05) is 77.0 Å². The molecule has 0 saturated carbocycles. The fourth-order valence-corrected chi connectivity index (χ4v) is 3.16. The van der Waals surface area contributed by atoms with E-state index in [9.17, 15) is 4.79 Å². The Balaban J connectivity index is 2.19. The highest BCUT2D eigenvalue weighted by molar-refractivity contribution is 5.69. The average molecular weight is 296 g/mol. The van der Waals surface area contributed by atoms with Crippen LogP contribution in [0.5, 0.6) is 0 Å². The van der Waals surface area contributed by atoms with Crippen LogP contribution in [0.1, 0.15) is 110 Å². The van der Waals surface area contributed by atoms with Crippen LogP contribution >= 0.6 is 0 Å². The van der Waals surface area contributed by atoms with Crippen LogP contribution < -0.4 is 0 Å². The summed E-state index contributed by atoms with van der Waals surface area (Å²) in [5.74, 6) is 0.0143. The SMILES string of the molecule is CC1CCCCCCCCCCCCCCCCC(=O)O1. The van der Waals surface area contributed by atoms with Crippen LogP contribution in [0.15, 0.2) is 0 Å². The monoisotopic (exact) mass is 296 g/mol. The molecule has 21 heavy (non-hydrogen) atoms. The van der Waals surface area contributed by atoms with Crippen molar-refractivity contribution in [2.24, 2.45) is 0 Å². The van der Waals surface area contributed by atoms with E-state index in [1.807, 2.05) is 6.92 Å². The van der Waals surface area contributed by atoms with Gasteiger partial charge in [0.05, 0.1) is 6.10 Å². The molecule has 1 atom stereocenters. The molecule has 0 bridgehead atoms. The van der Waals surface area contributed by atoms with Crippen LogP contribution in [-0.4, -0.2) is 12.1 Å². The zero-order chi connectivity index (χ0) is 15.2. The Morgan fingerprint density at radius 2 is 1.05 bits per heavy atom. The van der Waals surface area contributed by atoms with E-state index in [-0.39, 0.29) is 12.1 Å². The predicted molar refractivity (Wildman–Crippen MR) is 89.4 cm³/mol. The third kappa shape index (κ3) is 11.8. The van der Waals surface area contributed by atoms with E-state index in [4.69, 9.17) is 4.74 Å². The van der Waals surface area contributed by atoms with E-state index in [0.29, 0.717) is 6.42 Å². The molecule has 1 saturated heterocycles. The standard InChI is InChI=1S/C19H36O2/c1-18-16-14-12-10-8-6-4-2-3-5-7-9-11-13-15-17-19(20)21-18/h18H,2-17H2,1H3. The molecule has 2 nitrogen and oxygen atoms in total. The molecule has 1 unspecified atom stereocenters. The van der Waals surface area contributed by atoms with Crippen LogP contribution in [-0.2, 0) is 9.53 Å². The minimum atomic E-state index is 0.0143. The molecule has 2 heteroatoms. The van der Waals surface area contributed by atoms with Crippen molar-refractivity contribution in [1.29, 1.82) is 0 Å². The molecule has 0 spiro atoms. The van der Waals surface area contributed by atoms with E-state index < -0.39 is 0 Å². The second-order valence-electron chi connectivity index (χ2n) is 6.79. The highest BCUT2D eigenvalue weighted by Crippen LogP contribution is 2.15. The van der Waals surface area contributed by atoms with Crippen molar-refractivity contribution in [3.63, 3.8) is 0 Å². The van der Waals surface area contributed by atoms with Crippen LogP contribution in [0.4, 0.5) is 0 Å². The fourth-order valence-electron chi connectivity index (χ4n) is 3.16. The number of hydrogen-bond donors (Lipinski definition) is 0. The van der Waals surface area contributed by atoms with Gasteiger partial charge in [-0.15, -0.1) is 0 Å². The number of cyclic esters (lactones) is 1. The molecule has 1 rings (SSSR count). The summed E-state index contributed by atoms with van der Waals surface area (Å²) in [4.78, 5) is 11.7. The van der Waals surface area contributed by atoms with E-state index in [0.717, 1.165) is 12.8 Å². The number of ether oxygens (including phenoxy) is 1. The van der Waals surface area contributed by atoms with Gasteiger partial charge in [0.25, 0.3) is 0 Å². The van der Waals surface area contributed by atoms with Gasteiger partial charge in [0.1, 0.15) is 0 Å². The normalized spacial score (nSPS) is 26.1. The largest absolute Gasteiger partial charge is 0.463 e. The van der Waals surface area contributed by atoms with Crippen molar-refractivity contribution in [3.8, 4) is 0 Å². The van der Waals surface area contributed by atoms with E-state index in [2.05, 4.69) is 0 Å². The average Bonchev–Trinajstić information content (AvgIpc) is 2.46. The Hall–Kier alpha value is -0.530. The van der Waals surface area contributed by atoms with E-state index in [1.165, 1.54) is 83.5 Å². The van der Waals surface area contributed by atoms with Crippen molar-refractivity contribution in [3.05, 3.63) is 0 Å². The molecule has 124 valence electrons. The van der Waals surface area contributed by atoms with Crippen LogP contribution in [0, 0.1) is 0 Å². The van der Waals surface area contributed by atoms with E-state index in [1.54, 1.807) is 0 Å². The second kappa shape index (κ2) is 13.2. The molecule has 1 fully saturated rings. The summed E-state index contributed by atoms with van der Waals surface area (Å²) in [5.41, 5.74) is 0. The second-order valence-corrected chi connectivity index (χ2v) is 6.79. The summed E-state index contributed by atoms with van der Waals surface area (Å²) in [6, 6.07) is 0. The molecule has 0 amide bonds. The van der Waals surface area contributed by atoms with Gasteiger partial charge in [0, 0.05) is 6.42 Å². The lowest BCUT2D eigenvalue weighted by Gasteiger charge is -2.13. The molecule has 1 aliphatic heterocycles. The van der Waals surface area contributed by atoms with Crippen LogP contribution in [0.25, 0.3) is 0 Å². The van der Waals surface area contributed by atoms with Crippen molar-refractivity contribution >= 4 is 5.97 Å². The third-order valence-corrected chi connectivity index (χ3v) is 4.57. The molecule has 1 aliphatic rings. The quantitative estimate of drug-likeness (QED) is 0.499.